The van der Waals surface area contributed by atoms with E-state index in [2.05, 4.69) is 45.3 Å². The highest BCUT2D eigenvalue weighted by atomic mass is 32.2. The van der Waals surface area contributed by atoms with Crippen LogP contribution in [-0.4, -0.2) is 32.7 Å². The molecule has 1 atom stereocenters. The lowest BCUT2D eigenvalue weighted by molar-refractivity contribution is 0.181. The zero-order valence-electron chi connectivity index (χ0n) is 12.5. The van der Waals surface area contributed by atoms with Crippen molar-refractivity contribution in [1.82, 2.24) is 9.62 Å². The Morgan fingerprint density at radius 2 is 2.05 bits per heavy atom. The SMILES string of the molecule is CS(=O)(=O)NCC(c1ccsc1)N1CCc2ccccc2C1. The van der Waals surface area contributed by atoms with E-state index in [0.717, 1.165) is 19.5 Å². The number of hydrogen-bond donors (Lipinski definition) is 1. The van der Waals surface area contributed by atoms with Gasteiger partial charge in [-0.1, -0.05) is 24.3 Å². The summed E-state index contributed by atoms with van der Waals surface area (Å²) in [5, 5.41) is 4.15. The molecule has 0 bridgehead atoms. The highest BCUT2D eigenvalue weighted by Gasteiger charge is 2.25. The molecule has 6 heteroatoms. The van der Waals surface area contributed by atoms with Crippen LogP contribution in [0.2, 0.25) is 0 Å². The van der Waals surface area contributed by atoms with Gasteiger partial charge in [0.2, 0.25) is 10.0 Å². The lowest BCUT2D eigenvalue weighted by Crippen LogP contribution is -2.40. The number of fused-ring (bicyclic) bond motifs is 1. The third-order valence-corrected chi connectivity index (χ3v) is 5.46. The molecule has 22 heavy (non-hydrogen) atoms. The number of nitrogens with one attached hydrogen (secondary N) is 1. The first-order valence-electron chi connectivity index (χ1n) is 7.30. The van der Waals surface area contributed by atoms with Crippen molar-refractivity contribution in [2.24, 2.45) is 0 Å². The fourth-order valence-electron chi connectivity index (χ4n) is 2.94. The zero-order valence-corrected chi connectivity index (χ0v) is 14.2. The van der Waals surface area contributed by atoms with Crippen molar-refractivity contribution in [1.29, 1.82) is 0 Å². The van der Waals surface area contributed by atoms with E-state index < -0.39 is 10.0 Å². The fraction of sp³-hybridized carbons (Fsp3) is 0.375. The third kappa shape index (κ3) is 3.76. The summed E-state index contributed by atoms with van der Waals surface area (Å²) < 4.78 is 25.6. The molecule has 3 rings (SSSR count). The Bertz CT molecular complexity index is 726. The molecule has 1 aromatic carbocycles. The number of rotatable bonds is 5. The Kier molecular flexibility index (Phi) is 4.63. The van der Waals surface area contributed by atoms with E-state index in [4.69, 9.17) is 0 Å². The van der Waals surface area contributed by atoms with Crippen LogP contribution in [0.15, 0.2) is 41.1 Å². The molecule has 0 spiro atoms. The predicted octanol–water partition coefficient (Wildman–Crippen LogP) is 2.40. The first-order valence-corrected chi connectivity index (χ1v) is 10.1. The van der Waals surface area contributed by atoms with Crippen molar-refractivity contribution in [3.8, 4) is 0 Å². The van der Waals surface area contributed by atoms with Gasteiger partial charge >= 0.3 is 0 Å². The van der Waals surface area contributed by atoms with Crippen LogP contribution in [0.3, 0.4) is 0 Å². The van der Waals surface area contributed by atoms with Crippen LogP contribution in [0.5, 0.6) is 0 Å². The molecule has 2 heterocycles. The molecule has 1 aliphatic heterocycles. The smallest absolute Gasteiger partial charge is 0.208 e. The van der Waals surface area contributed by atoms with E-state index in [9.17, 15) is 8.42 Å². The highest BCUT2D eigenvalue weighted by molar-refractivity contribution is 7.88. The van der Waals surface area contributed by atoms with Crippen LogP contribution in [-0.2, 0) is 23.0 Å². The van der Waals surface area contributed by atoms with E-state index in [0.29, 0.717) is 6.54 Å². The van der Waals surface area contributed by atoms with Crippen LogP contribution in [0, 0.1) is 0 Å². The Morgan fingerprint density at radius 1 is 1.27 bits per heavy atom. The molecule has 0 aliphatic carbocycles. The second kappa shape index (κ2) is 6.50. The van der Waals surface area contributed by atoms with Gasteiger partial charge in [-0.3, -0.25) is 4.90 Å². The average Bonchev–Trinajstić information content (AvgIpc) is 3.00. The maximum Gasteiger partial charge on any atom is 0.208 e. The van der Waals surface area contributed by atoms with Crippen LogP contribution in [0.1, 0.15) is 22.7 Å². The van der Waals surface area contributed by atoms with Gasteiger partial charge < -0.3 is 0 Å². The minimum absolute atomic E-state index is 0.0781. The van der Waals surface area contributed by atoms with Gasteiger partial charge in [0.05, 0.1) is 6.26 Å². The molecule has 0 amide bonds. The second-order valence-electron chi connectivity index (χ2n) is 5.68. The molecule has 1 N–H and O–H groups in total. The summed E-state index contributed by atoms with van der Waals surface area (Å²) in [5.41, 5.74) is 3.92. The molecule has 0 fully saturated rings. The normalized spacial score (nSPS) is 17.1. The van der Waals surface area contributed by atoms with Crippen molar-refractivity contribution in [2.75, 3.05) is 19.3 Å². The van der Waals surface area contributed by atoms with Crippen molar-refractivity contribution in [3.63, 3.8) is 0 Å². The average molecular weight is 336 g/mol. The first-order chi connectivity index (χ1) is 10.5. The van der Waals surface area contributed by atoms with Gasteiger partial charge in [0.15, 0.2) is 0 Å². The molecule has 0 radical (unpaired) electrons. The van der Waals surface area contributed by atoms with E-state index in [1.54, 1.807) is 11.3 Å². The van der Waals surface area contributed by atoms with Crippen molar-refractivity contribution in [3.05, 3.63) is 57.8 Å². The van der Waals surface area contributed by atoms with Gasteiger partial charge in [-0.2, -0.15) is 11.3 Å². The standard InChI is InChI=1S/C16H20N2O2S2/c1-22(19,20)17-10-16(15-7-9-21-12-15)18-8-6-13-4-2-3-5-14(13)11-18/h2-5,7,9,12,16-17H,6,8,10-11H2,1H3. The maximum atomic E-state index is 11.5. The summed E-state index contributed by atoms with van der Waals surface area (Å²) in [6.07, 6.45) is 2.22. The van der Waals surface area contributed by atoms with Gasteiger partial charge in [-0.15, -0.1) is 0 Å². The Morgan fingerprint density at radius 3 is 2.73 bits per heavy atom. The molecule has 0 saturated carbocycles. The molecule has 1 aromatic heterocycles. The van der Waals surface area contributed by atoms with Crippen molar-refractivity contribution < 1.29 is 8.42 Å². The predicted molar refractivity (Wildman–Crippen MR) is 90.5 cm³/mol. The van der Waals surface area contributed by atoms with Crippen LogP contribution < -0.4 is 4.72 Å². The van der Waals surface area contributed by atoms with Crippen LogP contribution >= 0.6 is 11.3 Å². The minimum atomic E-state index is -3.18. The molecule has 4 nitrogen and oxygen atoms in total. The van der Waals surface area contributed by atoms with E-state index in [1.165, 1.54) is 22.9 Å². The molecular weight excluding hydrogens is 316 g/mol. The molecular formula is C16H20N2O2S2. The molecule has 1 aliphatic rings. The summed E-state index contributed by atoms with van der Waals surface area (Å²) in [6.45, 7) is 2.23. The summed E-state index contributed by atoms with van der Waals surface area (Å²) in [7, 11) is -3.18. The summed E-state index contributed by atoms with van der Waals surface area (Å²) >= 11 is 1.65. The van der Waals surface area contributed by atoms with Gasteiger partial charge in [-0.05, 0) is 39.9 Å². The Hall–Kier alpha value is -1.21. The van der Waals surface area contributed by atoms with Crippen molar-refractivity contribution in [2.45, 2.75) is 19.0 Å². The number of benzene rings is 1. The van der Waals surface area contributed by atoms with Gasteiger partial charge in [0.1, 0.15) is 0 Å². The molecule has 0 saturated heterocycles. The van der Waals surface area contributed by atoms with Gasteiger partial charge in [0, 0.05) is 25.7 Å². The monoisotopic (exact) mass is 336 g/mol. The van der Waals surface area contributed by atoms with E-state index in [-0.39, 0.29) is 6.04 Å². The number of hydrogen-bond acceptors (Lipinski definition) is 4. The molecule has 118 valence electrons. The number of nitrogens with zero attached hydrogens (tertiary/aromatic N) is 1. The van der Waals surface area contributed by atoms with E-state index in [1.807, 2.05) is 5.38 Å². The molecule has 1 unspecified atom stereocenters. The minimum Gasteiger partial charge on any atom is -0.290 e. The summed E-state index contributed by atoms with van der Waals surface area (Å²) in [6, 6.07) is 10.7. The van der Waals surface area contributed by atoms with Crippen LogP contribution in [0.25, 0.3) is 0 Å². The second-order valence-corrected chi connectivity index (χ2v) is 8.30. The summed E-state index contributed by atoms with van der Waals surface area (Å²) in [5.74, 6) is 0. The maximum absolute atomic E-state index is 11.5. The van der Waals surface area contributed by atoms with E-state index >= 15 is 0 Å². The number of sulfonamides is 1. The fourth-order valence-corrected chi connectivity index (χ4v) is 4.10. The lowest BCUT2D eigenvalue weighted by Gasteiger charge is -2.35. The lowest BCUT2D eigenvalue weighted by atomic mass is 9.97. The Balaban J connectivity index is 1.81. The third-order valence-electron chi connectivity index (χ3n) is 4.07. The van der Waals surface area contributed by atoms with Gasteiger partial charge in [0.25, 0.3) is 0 Å². The van der Waals surface area contributed by atoms with Gasteiger partial charge in [-0.25, -0.2) is 13.1 Å². The quantitative estimate of drug-likeness (QED) is 0.912. The first kappa shape index (κ1) is 15.7. The highest BCUT2D eigenvalue weighted by Crippen LogP contribution is 2.28. The number of thiophene rings is 1. The summed E-state index contributed by atoms with van der Waals surface area (Å²) in [4.78, 5) is 2.36. The molecule has 2 aromatic rings. The van der Waals surface area contributed by atoms with Crippen molar-refractivity contribution >= 4 is 21.4 Å². The topological polar surface area (TPSA) is 49.4 Å². The largest absolute Gasteiger partial charge is 0.290 e. The zero-order chi connectivity index (χ0) is 15.6. The Labute approximate surface area is 135 Å². The van der Waals surface area contributed by atoms with Crippen LogP contribution in [0.4, 0.5) is 0 Å².